The minimum Gasteiger partial charge on any atom is -0.366 e. The predicted octanol–water partition coefficient (Wildman–Crippen LogP) is 4.37. The maximum Gasteiger partial charge on any atom is 0.255 e. The maximum absolute atomic E-state index is 13.1. The number of hydrogen-bond donors (Lipinski definition) is 3. The minimum absolute atomic E-state index is 0.293. The van der Waals surface area contributed by atoms with Gasteiger partial charge in [-0.25, -0.2) is 0 Å². The Morgan fingerprint density at radius 3 is 2.09 bits per heavy atom. The number of aromatic nitrogens is 1. The van der Waals surface area contributed by atoms with Crippen molar-refractivity contribution < 1.29 is 9.59 Å². The van der Waals surface area contributed by atoms with Crippen molar-refractivity contribution in [1.82, 2.24) is 4.98 Å². The summed E-state index contributed by atoms with van der Waals surface area (Å²) in [6, 6.07) is 14.4. The summed E-state index contributed by atoms with van der Waals surface area (Å²) in [6.45, 7) is 8.54. The van der Waals surface area contributed by atoms with Crippen LogP contribution in [0.4, 0.5) is 5.69 Å². The number of carbonyl (C=O) groups is 2. The zero-order chi connectivity index (χ0) is 23.4. The van der Waals surface area contributed by atoms with E-state index in [0.717, 1.165) is 40.1 Å². The fourth-order valence-electron chi connectivity index (χ4n) is 3.74. The molecule has 2 amide bonds. The van der Waals surface area contributed by atoms with Crippen LogP contribution in [-0.4, -0.2) is 16.8 Å². The van der Waals surface area contributed by atoms with Gasteiger partial charge in [-0.1, -0.05) is 43.7 Å². The van der Waals surface area contributed by atoms with Crippen LogP contribution < -0.4 is 16.8 Å². The number of benzene rings is 2. The van der Waals surface area contributed by atoms with Crippen LogP contribution in [0.5, 0.6) is 0 Å². The number of nitrogens with zero attached hydrogens (tertiary/aromatic N) is 1. The van der Waals surface area contributed by atoms with Crippen LogP contribution in [0, 0.1) is 19.8 Å². The van der Waals surface area contributed by atoms with Crippen LogP contribution in [0.3, 0.4) is 0 Å². The van der Waals surface area contributed by atoms with Gasteiger partial charge in [-0.2, -0.15) is 0 Å². The van der Waals surface area contributed by atoms with Crippen molar-refractivity contribution in [2.45, 2.75) is 40.7 Å². The average molecular weight is 431 g/mol. The Morgan fingerprint density at radius 2 is 1.56 bits per heavy atom. The molecule has 0 fully saturated rings. The molecule has 32 heavy (non-hydrogen) atoms. The second-order valence-corrected chi connectivity index (χ2v) is 8.44. The molecule has 0 radical (unpaired) electrons. The lowest BCUT2D eigenvalue weighted by molar-refractivity contribution is 0.0995. The summed E-state index contributed by atoms with van der Waals surface area (Å²) in [6.07, 6.45) is 0.801. The Labute approximate surface area is 189 Å². The van der Waals surface area contributed by atoms with E-state index >= 15 is 0 Å². The van der Waals surface area contributed by atoms with E-state index < -0.39 is 5.91 Å². The Bertz CT molecular complexity index is 1130. The summed E-state index contributed by atoms with van der Waals surface area (Å²) >= 11 is 0. The molecule has 0 bridgehead atoms. The number of carbonyl (C=O) groups excluding carboxylic acids is 2. The van der Waals surface area contributed by atoms with Gasteiger partial charge >= 0.3 is 0 Å². The third kappa shape index (κ3) is 5.03. The fraction of sp³-hybridized carbons (Fsp3) is 0.269. The van der Waals surface area contributed by atoms with Crippen molar-refractivity contribution in [2.24, 2.45) is 17.4 Å². The van der Waals surface area contributed by atoms with Gasteiger partial charge in [0.15, 0.2) is 0 Å². The third-order valence-electron chi connectivity index (χ3n) is 5.38. The summed E-state index contributed by atoms with van der Waals surface area (Å²) < 4.78 is 0. The van der Waals surface area contributed by atoms with E-state index in [1.807, 2.05) is 38.1 Å². The van der Waals surface area contributed by atoms with E-state index in [-0.39, 0.29) is 5.91 Å². The molecule has 0 unspecified atom stereocenters. The van der Waals surface area contributed by atoms with E-state index in [2.05, 4.69) is 19.2 Å². The van der Waals surface area contributed by atoms with Gasteiger partial charge in [0.2, 0.25) is 5.91 Å². The first kappa shape index (κ1) is 23.2. The molecule has 0 spiro atoms. The minimum atomic E-state index is -0.535. The highest BCUT2D eigenvalue weighted by Crippen LogP contribution is 2.36. The standard InChI is InChI=1S/C26H30N4O2/c1-15(2)13-22-21(14-27)23(18-7-5-16(3)6-8-18)24(17(4)29-22)30-26(32)20-11-9-19(10-12-20)25(28)31/h5-12,15H,13-14,27H2,1-4H3,(H2,28,31)(H,30,32). The highest BCUT2D eigenvalue weighted by molar-refractivity contribution is 6.07. The number of nitrogens with one attached hydrogen (secondary N) is 1. The quantitative estimate of drug-likeness (QED) is 0.517. The first-order valence-corrected chi connectivity index (χ1v) is 10.7. The molecule has 3 aromatic rings. The molecule has 0 aliphatic carbocycles. The Balaban J connectivity index is 2.12. The number of nitrogens with two attached hydrogens (primary N) is 2. The van der Waals surface area contributed by atoms with Gasteiger partial charge in [-0.05, 0) is 61.6 Å². The number of aryl methyl sites for hydroxylation is 2. The highest BCUT2D eigenvalue weighted by atomic mass is 16.2. The Hall–Kier alpha value is -3.51. The summed E-state index contributed by atoms with van der Waals surface area (Å²) in [5, 5.41) is 3.04. The molecule has 6 nitrogen and oxygen atoms in total. The molecular weight excluding hydrogens is 400 g/mol. The first-order chi connectivity index (χ1) is 15.2. The van der Waals surface area contributed by atoms with Crippen LogP contribution in [0.1, 0.15) is 57.1 Å². The molecule has 1 heterocycles. The second kappa shape index (κ2) is 9.75. The van der Waals surface area contributed by atoms with Crippen molar-refractivity contribution in [3.8, 4) is 11.1 Å². The van der Waals surface area contributed by atoms with Crippen molar-refractivity contribution in [3.63, 3.8) is 0 Å². The van der Waals surface area contributed by atoms with Crippen molar-refractivity contribution >= 4 is 17.5 Å². The zero-order valence-electron chi connectivity index (χ0n) is 19.0. The van der Waals surface area contributed by atoms with Gasteiger partial charge in [-0.3, -0.25) is 14.6 Å². The average Bonchev–Trinajstić information content (AvgIpc) is 2.75. The Kier molecular flexibility index (Phi) is 7.05. The van der Waals surface area contributed by atoms with Crippen LogP contribution in [-0.2, 0) is 13.0 Å². The second-order valence-electron chi connectivity index (χ2n) is 8.44. The van der Waals surface area contributed by atoms with Gasteiger partial charge in [-0.15, -0.1) is 0 Å². The van der Waals surface area contributed by atoms with Crippen LogP contribution in [0.15, 0.2) is 48.5 Å². The zero-order valence-corrected chi connectivity index (χ0v) is 19.0. The van der Waals surface area contributed by atoms with E-state index in [1.165, 1.54) is 0 Å². The van der Waals surface area contributed by atoms with Gasteiger partial charge in [0.05, 0.1) is 11.4 Å². The van der Waals surface area contributed by atoms with E-state index in [0.29, 0.717) is 29.3 Å². The molecule has 0 aliphatic heterocycles. The SMILES string of the molecule is Cc1ccc(-c2c(CN)c(CC(C)C)nc(C)c2NC(=O)c2ccc(C(N)=O)cc2)cc1. The van der Waals surface area contributed by atoms with Gasteiger partial charge in [0, 0.05) is 28.9 Å². The molecule has 2 aromatic carbocycles. The normalized spacial score (nSPS) is 10.9. The highest BCUT2D eigenvalue weighted by Gasteiger charge is 2.21. The molecule has 0 saturated carbocycles. The molecule has 166 valence electrons. The van der Waals surface area contributed by atoms with Crippen molar-refractivity contribution in [2.75, 3.05) is 5.32 Å². The van der Waals surface area contributed by atoms with Crippen LogP contribution >= 0.6 is 0 Å². The van der Waals surface area contributed by atoms with E-state index in [9.17, 15) is 9.59 Å². The number of primary amides is 1. The maximum atomic E-state index is 13.1. The first-order valence-electron chi connectivity index (χ1n) is 10.7. The van der Waals surface area contributed by atoms with Gasteiger partial charge < -0.3 is 16.8 Å². The molecule has 5 N–H and O–H groups in total. The molecule has 0 aliphatic rings. The predicted molar refractivity (Wildman–Crippen MR) is 128 cm³/mol. The number of anilines is 1. The topological polar surface area (TPSA) is 111 Å². The molecule has 3 rings (SSSR count). The lowest BCUT2D eigenvalue weighted by Crippen LogP contribution is -2.18. The summed E-state index contributed by atoms with van der Waals surface area (Å²) in [7, 11) is 0. The summed E-state index contributed by atoms with van der Waals surface area (Å²) in [4.78, 5) is 29.2. The van der Waals surface area contributed by atoms with Crippen LogP contribution in [0.2, 0.25) is 0 Å². The van der Waals surface area contributed by atoms with Gasteiger partial charge in [0.1, 0.15) is 0 Å². The van der Waals surface area contributed by atoms with Gasteiger partial charge in [0.25, 0.3) is 5.91 Å². The molecule has 1 aromatic heterocycles. The fourth-order valence-corrected chi connectivity index (χ4v) is 3.74. The molecule has 6 heteroatoms. The smallest absolute Gasteiger partial charge is 0.255 e. The number of amides is 2. The monoisotopic (exact) mass is 430 g/mol. The van der Waals surface area contributed by atoms with Crippen LogP contribution in [0.25, 0.3) is 11.1 Å². The molecule has 0 saturated heterocycles. The molecule has 0 atom stereocenters. The van der Waals surface area contributed by atoms with E-state index in [4.69, 9.17) is 16.5 Å². The Morgan fingerprint density at radius 1 is 0.969 bits per heavy atom. The lowest BCUT2D eigenvalue weighted by Gasteiger charge is -2.21. The summed E-state index contributed by atoms with van der Waals surface area (Å²) in [5.74, 6) is -0.409. The van der Waals surface area contributed by atoms with Crippen molar-refractivity contribution in [1.29, 1.82) is 0 Å². The largest absolute Gasteiger partial charge is 0.366 e. The number of rotatable bonds is 7. The third-order valence-corrected chi connectivity index (χ3v) is 5.38. The summed E-state index contributed by atoms with van der Waals surface area (Å²) in [5.41, 5.74) is 18.6. The molecular formula is C26H30N4O2. The lowest BCUT2D eigenvalue weighted by atomic mass is 9.92. The van der Waals surface area contributed by atoms with E-state index in [1.54, 1.807) is 24.3 Å². The van der Waals surface area contributed by atoms with Crippen molar-refractivity contribution in [3.05, 3.63) is 82.2 Å². The number of pyridine rings is 1. The number of hydrogen-bond acceptors (Lipinski definition) is 4.